The highest BCUT2D eigenvalue weighted by molar-refractivity contribution is 7.92. The van der Waals surface area contributed by atoms with Crippen LogP contribution >= 0.6 is 0 Å². The van der Waals surface area contributed by atoms with Crippen molar-refractivity contribution in [2.75, 3.05) is 29.8 Å². The number of fused-ring (bicyclic) bond motifs is 1. The molecule has 7 nitrogen and oxygen atoms in total. The van der Waals surface area contributed by atoms with E-state index in [1.807, 2.05) is 24.3 Å². The van der Waals surface area contributed by atoms with Crippen LogP contribution in [0.25, 0.3) is 0 Å². The molecular weight excluding hydrogens is 380 g/mol. The van der Waals surface area contributed by atoms with Gasteiger partial charge in [0.2, 0.25) is 10.0 Å². The number of nitrogens with one attached hydrogen (secondary N) is 1. The molecule has 0 saturated carbocycles. The maximum absolute atomic E-state index is 12.4. The van der Waals surface area contributed by atoms with Crippen molar-refractivity contribution in [3.8, 4) is 11.5 Å². The smallest absolute Gasteiger partial charge is 0.251 e. The molecule has 150 valence electrons. The summed E-state index contributed by atoms with van der Waals surface area (Å²) in [5.41, 5.74) is 0.993. The Kier molecular flexibility index (Phi) is 6.08. The molecule has 8 heteroatoms. The number of carbonyl (C=O) groups is 1. The van der Waals surface area contributed by atoms with Crippen LogP contribution in [0.5, 0.6) is 11.5 Å². The Balaban J connectivity index is 1.60. The van der Waals surface area contributed by atoms with Gasteiger partial charge in [-0.2, -0.15) is 0 Å². The van der Waals surface area contributed by atoms with E-state index in [4.69, 9.17) is 9.47 Å². The molecule has 1 atom stereocenters. The zero-order valence-corrected chi connectivity index (χ0v) is 16.7. The van der Waals surface area contributed by atoms with Gasteiger partial charge in [-0.25, -0.2) is 8.42 Å². The lowest BCUT2D eigenvalue weighted by Crippen LogP contribution is -2.40. The lowest BCUT2D eigenvalue weighted by Gasteiger charge is -2.26. The second kappa shape index (κ2) is 8.52. The Bertz CT molecular complexity index is 928. The third-order valence-corrected chi connectivity index (χ3v) is 6.33. The van der Waals surface area contributed by atoms with Gasteiger partial charge in [-0.15, -0.1) is 0 Å². The van der Waals surface area contributed by atoms with Gasteiger partial charge in [0.05, 0.1) is 18.0 Å². The second-order valence-electron chi connectivity index (χ2n) is 6.32. The molecule has 0 radical (unpaired) electrons. The Morgan fingerprint density at radius 2 is 1.79 bits per heavy atom. The van der Waals surface area contributed by atoms with Crippen molar-refractivity contribution in [1.29, 1.82) is 0 Å². The molecular formula is C20H24N2O5S. The predicted molar refractivity (Wildman–Crippen MR) is 108 cm³/mol. The normalized spacial score (nSPS) is 15.7. The molecule has 2 aromatic carbocycles. The number of sulfonamides is 1. The van der Waals surface area contributed by atoms with Crippen molar-refractivity contribution in [3.05, 3.63) is 54.1 Å². The number of nitrogens with zero attached hydrogens (tertiary/aromatic N) is 1. The summed E-state index contributed by atoms with van der Waals surface area (Å²) in [6, 6.07) is 13.9. The minimum absolute atomic E-state index is 0.0235. The molecule has 0 saturated heterocycles. The van der Waals surface area contributed by atoms with Gasteiger partial charge in [0.1, 0.15) is 12.7 Å². The summed E-state index contributed by atoms with van der Waals surface area (Å²) in [5.74, 6) is 1.13. The Hall–Kier alpha value is -2.74. The number of benzene rings is 2. The Morgan fingerprint density at radius 3 is 2.43 bits per heavy atom. The topological polar surface area (TPSA) is 84.9 Å². The first-order valence-electron chi connectivity index (χ1n) is 9.21. The first-order chi connectivity index (χ1) is 13.4. The number of rotatable bonds is 7. The minimum Gasteiger partial charge on any atom is -0.486 e. The molecule has 1 N–H and O–H groups in total. The molecule has 0 spiro atoms. The van der Waals surface area contributed by atoms with Crippen LogP contribution in [0.3, 0.4) is 0 Å². The van der Waals surface area contributed by atoms with Gasteiger partial charge in [0.25, 0.3) is 5.91 Å². The zero-order valence-electron chi connectivity index (χ0n) is 15.9. The fourth-order valence-electron chi connectivity index (χ4n) is 2.95. The summed E-state index contributed by atoms with van der Waals surface area (Å²) < 4.78 is 37.1. The average molecular weight is 404 g/mol. The van der Waals surface area contributed by atoms with Crippen molar-refractivity contribution in [2.45, 2.75) is 20.0 Å². The van der Waals surface area contributed by atoms with Crippen molar-refractivity contribution in [1.82, 2.24) is 5.32 Å². The van der Waals surface area contributed by atoms with Crippen LogP contribution in [-0.4, -0.2) is 45.9 Å². The van der Waals surface area contributed by atoms with Crippen LogP contribution in [-0.2, 0) is 10.0 Å². The molecule has 1 amide bonds. The highest BCUT2D eigenvalue weighted by Crippen LogP contribution is 2.30. The zero-order chi connectivity index (χ0) is 20.1. The van der Waals surface area contributed by atoms with E-state index in [0.717, 1.165) is 0 Å². The summed E-state index contributed by atoms with van der Waals surface area (Å²) in [7, 11) is -3.34. The van der Waals surface area contributed by atoms with Crippen LogP contribution in [0.15, 0.2) is 48.5 Å². The third kappa shape index (κ3) is 4.39. The van der Waals surface area contributed by atoms with Gasteiger partial charge in [0.15, 0.2) is 11.5 Å². The van der Waals surface area contributed by atoms with Crippen molar-refractivity contribution in [2.24, 2.45) is 0 Å². The molecule has 0 bridgehead atoms. The van der Waals surface area contributed by atoms with Gasteiger partial charge in [0, 0.05) is 12.1 Å². The molecule has 3 rings (SSSR count). The van der Waals surface area contributed by atoms with E-state index in [0.29, 0.717) is 42.4 Å². The van der Waals surface area contributed by atoms with E-state index in [1.54, 1.807) is 38.1 Å². The molecule has 28 heavy (non-hydrogen) atoms. The summed E-state index contributed by atoms with van der Waals surface area (Å²) in [6.07, 6.45) is -0.275. The first-order valence-corrected chi connectivity index (χ1v) is 10.8. The van der Waals surface area contributed by atoms with E-state index in [9.17, 15) is 13.2 Å². The van der Waals surface area contributed by atoms with E-state index in [2.05, 4.69) is 5.32 Å². The van der Waals surface area contributed by atoms with Gasteiger partial charge in [-0.1, -0.05) is 12.1 Å². The second-order valence-corrected chi connectivity index (χ2v) is 8.50. The van der Waals surface area contributed by atoms with E-state index in [-0.39, 0.29) is 17.8 Å². The lowest BCUT2D eigenvalue weighted by molar-refractivity contribution is 0.0789. The third-order valence-electron chi connectivity index (χ3n) is 4.46. The minimum atomic E-state index is -3.34. The number of ether oxygens (including phenoxy) is 2. The Morgan fingerprint density at radius 1 is 1.11 bits per heavy atom. The van der Waals surface area contributed by atoms with Crippen LogP contribution in [0.4, 0.5) is 5.69 Å². The highest BCUT2D eigenvalue weighted by Gasteiger charge is 2.22. The maximum atomic E-state index is 12.4. The number of carbonyl (C=O) groups excluding carboxylic acids is 1. The molecule has 1 aliphatic rings. The van der Waals surface area contributed by atoms with E-state index >= 15 is 0 Å². The number of anilines is 1. The molecule has 1 heterocycles. The van der Waals surface area contributed by atoms with Gasteiger partial charge < -0.3 is 14.8 Å². The number of amides is 1. The molecule has 0 aromatic heterocycles. The van der Waals surface area contributed by atoms with Crippen LogP contribution in [0.1, 0.15) is 24.2 Å². The molecule has 0 aliphatic carbocycles. The summed E-state index contributed by atoms with van der Waals surface area (Å²) in [6.45, 7) is 4.38. The van der Waals surface area contributed by atoms with Crippen LogP contribution < -0.4 is 19.1 Å². The standard InChI is InChI=1S/C20H24N2O5S/c1-3-22(28(24,25)4-2)16-11-9-15(10-12-16)20(23)21-13-17-14-26-18-7-5-6-8-19(18)27-17/h5-12,17H,3-4,13-14H2,1-2H3,(H,21,23)/t17-/m1/s1. The van der Waals surface area contributed by atoms with E-state index < -0.39 is 10.0 Å². The first kappa shape index (κ1) is 20.0. The quantitative estimate of drug-likeness (QED) is 0.766. The summed E-state index contributed by atoms with van der Waals surface area (Å²) >= 11 is 0. The number of para-hydroxylation sites is 2. The average Bonchev–Trinajstić information content (AvgIpc) is 2.72. The number of hydrogen-bond acceptors (Lipinski definition) is 5. The van der Waals surface area contributed by atoms with Gasteiger partial charge in [-0.3, -0.25) is 9.10 Å². The SMILES string of the molecule is CCN(c1ccc(C(=O)NC[C@@H]2COc3ccccc3O2)cc1)S(=O)(=O)CC. The van der Waals surface area contributed by atoms with Crippen molar-refractivity contribution in [3.63, 3.8) is 0 Å². The van der Waals surface area contributed by atoms with Gasteiger partial charge in [-0.05, 0) is 50.2 Å². The van der Waals surface area contributed by atoms with Crippen molar-refractivity contribution < 1.29 is 22.7 Å². The van der Waals surface area contributed by atoms with Gasteiger partial charge >= 0.3 is 0 Å². The Labute approximate surface area is 165 Å². The monoisotopic (exact) mass is 404 g/mol. The number of hydrogen-bond donors (Lipinski definition) is 1. The van der Waals surface area contributed by atoms with E-state index in [1.165, 1.54) is 4.31 Å². The largest absolute Gasteiger partial charge is 0.486 e. The van der Waals surface area contributed by atoms with Crippen LogP contribution in [0, 0.1) is 0 Å². The molecule has 0 unspecified atom stereocenters. The fraction of sp³-hybridized carbons (Fsp3) is 0.350. The van der Waals surface area contributed by atoms with Crippen LogP contribution in [0.2, 0.25) is 0 Å². The maximum Gasteiger partial charge on any atom is 0.251 e. The molecule has 1 aliphatic heterocycles. The fourth-order valence-corrected chi connectivity index (χ4v) is 4.10. The predicted octanol–water partition coefficient (Wildman–Crippen LogP) is 2.43. The van der Waals surface area contributed by atoms with Crippen molar-refractivity contribution >= 4 is 21.6 Å². The molecule has 0 fully saturated rings. The summed E-state index contributed by atoms with van der Waals surface area (Å²) in [4.78, 5) is 12.4. The lowest BCUT2D eigenvalue weighted by atomic mass is 10.2. The highest BCUT2D eigenvalue weighted by atomic mass is 32.2. The summed E-state index contributed by atoms with van der Waals surface area (Å²) in [5, 5.41) is 2.83. The molecule has 2 aromatic rings.